The van der Waals surface area contributed by atoms with Crippen LogP contribution in [0.3, 0.4) is 0 Å². The van der Waals surface area contributed by atoms with Gasteiger partial charge in [0.25, 0.3) is 0 Å². The van der Waals surface area contributed by atoms with Crippen LogP contribution in [0.25, 0.3) is 0 Å². The van der Waals surface area contributed by atoms with Gasteiger partial charge in [0.2, 0.25) is 0 Å². The minimum absolute atomic E-state index is 0.00741. The van der Waals surface area contributed by atoms with Gasteiger partial charge in [-0.15, -0.1) is 0 Å². The van der Waals surface area contributed by atoms with E-state index in [-0.39, 0.29) is 6.04 Å². The van der Waals surface area contributed by atoms with Crippen molar-refractivity contribution in [3.63, 3.8) is 0 Å². The van der Waals surface area contributed by atoms with Crippen LogP contribution < -0.4 is 10.5 Å². The summed E-state index contributed by atoms with van der Waals surface area (Å²) in [4.78, 5) is 0. The number of hydrogen-bond acceptors (Lipinski definition) is 2. The van der Waals surface area contributed by atoms with Crippen molar-refractivity contribution in [3.8, 4) is 5.75 Å². The Morgan fingerprint density at radius 2 is 2.00 bits per heavy atom. The zero-order chi connectivity index (χ0) is 13.8. The number of ether oxygens (including phenoxy) is 1. The molecule has 4 heteroatoms. The van der Waals surface area contributed by atoms with Gasteiger partial charge >= 0.3 is 0 Å². The predicted molar refractivity (Wildman–Crippen MR) is 82.5 cm³/mol. The third kappa shape index (κ3) is 3.72. The monoisotopic (exact) mass is 339 g/mol. The minimum Gasteiger partial charge on any atom is -0.489 e. The molecule has 0 aromatic heterocycles. The largest absolute Gasteiger partial charge is 0.489 e. The molecule has 0 radical (unpaired) electrons. The van der Waals surface area contributed by atoms with Crippen LogP contribution >= 0.6 is 27.5 Å². The van der Waals surface area contributed by atoms with Crippen molar-refractivity contribution in [1.82, 2.24) is 0 Å². The zero-order valence-corrected chi connectivity index (χ0v) is 12.9. The van der Waals surface area contributed by atoms with E-state index in [0.29, 0.717) is 11.6 Å². The van der Waals surface area contributed by atoms with Gasteiger partial charge in [-0.2, -0.15) is 0 Å². The van der Waals surface area contributed by atoms with Crippen LogP contribution in [0.15, 0.2) is 46.9 Å². The van der Waals surface area contributed by atoms with Crippen molar-refractivity contribution >= 4 is 27.5 Å². The minimum atomic E-state index is -0.00741. The standard InChI is InChI=1S/C15H15BrClNO/c1-10(18)13-7-6-12(8-14(13)16)19-9-11-4-2-3-5-15(11)17/h2-8,10H,9,18H2,1H3/t10-/m0/s1. The molecule has 0 aliphatic carbocycles. The first-order valence-electron chi connectivity index (χ1n) is 5.99. The highest BCUT2D eigenvalue weighted by Crippen LogP contribution is 2.27. The number of nitrogens with two attached hydrogens (primary N) is 1. The SMILES string of the molecule is C[C@H](N)c1ccc(OCc2ccccc2Cl)cc1Br. The van der Waals surface area contributed by atoms with E-state index in [9.17, 15) is 0 Å². The lowest BCUT2D eigenvalue weighted by atomic mass is 10.1. The highest BCUT2D eigenvalue weighted by atomic mass is 79.9. The highest BCUT2D eigenvalue weighted by molar-refractivity contribution is 9.10. The lowest BCUT2D eigenvalue weighted by molar-refractivity contribution is 0.306. The molecule has 0 saturated heterocycles. The third-order valence-corrected chi connectivity index (χ3v) is 3.87. The van der Waals surface area contributed by atoms with Gasteiger partial charge in [0.15, 0.2) is 0 Å². The molecule has 0 unspecified atom stereocenters. The summed E-state index contributed by atoms with van der Waals surface area (Å²) in [7, 11) is 0. The molecule has 0 heterocycles. The molecule has 19 heavy (non-hydrogen) atoms. The fraction of sp³-hybridized carbons (Fsp3) is 0.200. The van der Waals surface area contributed by atoms with Crippen LogP contribution in [0.5, 0.6) is 5.75 Å². The molecule has 0 aliphatic heterocycles. The predicted octanol–water partition coefficient (Wildman–Crippen LogP) is 4.70. The highest BCUT2D eigenvalue weighted by Gasteiger charge is 2.07. The van der Waals surface area contributed by atoms with Crippen LogP contribution in [0, 0.1) is 0 Å². The van der Waals surface area contributed by atoms with Crippen molar-refractivity contribution < 1.29 is 4.74 Å². The Balaban J connectivity index is 2.08. The van der Waals surface area contributed by atoms with E-state index in [2.05, 4.69) is 15.9 Å². The summed E-state index contributed by atoms with van der Waals surface area (Å²) in [5.74, 6) is 0.788. The van der Waals surface area contributed by atoms with Gasteiger partial charge in [-0.3, -0.25) is 0 Å². The van der Waals surface area contributed by atoms with Gasteiger partial charge in [0.1, 0.15) is 12.4 Å². The van der Waals surface area contributed by atoms with Crippen LogP contribution in [0.2, 0.25) is 5.02 Å². The van der Waals surface area contributed by atoms with Crippen molar-refractivity contribution in [2.75, 3.05) is 0 Å². The van der Waals surface area contributed by atoms with Gasteiger partial charge in [-0.05, 0) is 30.7 Å². The molecule has 0 saturated carbocycles. The quantitative estimate of drug-likeness (QED) is 0.875. The Bertz CT molecular complexity index is 572. The molecule has 2 rings (SSSR count). The van der Waals surface area contributed by atoms with E-state index < -0.39 is 0 Å². The summed E-state index contributed by atoms with van der Waals surface area (Å²) in [5, 5.41) is 0.716. The third-order valence-electron chi connectivity index (χ3n) is 2.81. The summed E-state index contributed by atoms with van der Waals surface area (Å²) in [6.45, 7) is 2.40. The summed E-state index contributed by atoms with van der Waals surface area (Å²) < 4.78 is 6.69. The zero-order valence-electron chi connectivity index (χ0n) is 10.6. The normalized spacial score (nSPS) is 12.2. The van der Waals surface area contributed by atoms with Crippen molar-refractivity contribution in [3.05, 3.63) is 63.1 Å². The van der Waals surface area contributed by atoms with Crippen molar-refractivity contribution in [1.29, 1.82) is 0 Å². The molecule has 0 bridgehead atoms. The topological polar surface area (TPSA) is 35.2 Å². The smallest absolute Gasteiger partial charge is 0.120 e. The van der Waals surface area contributed by atoms with E-state index in [4.69, 9.17) is 22.1 Å². The van der Waals surface area contributed by atoms with Gasteiger partial charge in [0.05, 0.1) is 0 Å². The Morgan fingerprint density at radius 1 is 1.26 bits per heavy atom. The molecular formula is C15H15BrClNO. The van der Waals surface area contributed by atoms with Gasteiger partial charge in [0, 0.05) is 21.1 Å². The van der Waals surface area contributed by atoms with Gasteiger partial charge < -0.3 is 10.5 Å². The Labute approximate surface area is 126 Å². The van der Waals surface area contributed by atoms with Crippen LogP contribution in [-0.4, -0.2) is 0 Å². The second-order valence-corrected chi connectivity index (χ2v) is 5.61. The van der Waals surface area contributed by atoms with Gasteiger partial charge in [-0.25, -0.2) is 0 Å². The molecule has 0 amide bonds. The number of rotatable bonds is 4. The number of hydrogen-bond donors (Lipinski definition) is 1. The molecule has 0 aliphatic rings. The summed E-state index contributed by atoms with van der Waals surface area (Å²) in [6.07, 6.45) is 0. The Kier molecular flexibility index (Phi) is 4.86. The van der Waals surface area contributed by atoms with Crippen LogP contribution in [0.1, 0.15) is 24.1 Å². The fourth-order valence-corrected chi connectivity index (χ4v) is 2.65. The molecule has 2 N–H and O–H groups in total. The molecule has 2 aromatic rings. The summed E-state index contributed by atoms with van der Waals surface area (Å²) in [6, 6.07) is 13.5. The van der Waals surface area contributed by atoms with Crippen molar-refractivity contribution in [2.45, 2.75) is 19.6 Å². The van der Waals surface area contributed by atoms with E-state index in [1.165, 1.54) is 0 Å². The maximum atomic E-state index is 6.08. The molecule has 1 atom stereocenters. The van der Waals surface area contributed by atoms with Crippen LogP contribution in [-0.2, 0) is 6.61 Å². The van der Waals surface area contributed by atoms with Gasteiger partial charge in [-0.1, -0.05) is 51.8 Å². The molecule has 0 spiro atoms. The van der Waals surface area contributed by atoms with E-state index in [1.807, 2.05) is 49.4 Å². The fourth-order valence-electron chi connectivity index (χ4n) is 1.74. The van der Waals surface area contributed by atoms with E-state index in [1.54, 1.807) is 0 Å². The first-order chi connectivity index (χ1) is 9.08. The first kappa shape index (κ1) is 14.4. The Hall–Kier alpha value is -1.03. The molecule has 2 nitrogen and oxygen atoms in total. The lowest BCUT2D eigenvalue weighted by Crippen LogP contribution is -2.06. The molecule has 2 aromatic carbocycles. The first-order valence-corrected chi connectivity index (χ1v) is 7.16. The van der Waals surface area contributed by atoms with Crippen LogP contribution in [0.4, 0.5) is 0 Å². The second kappa shape index (κ2) is 6.42. The lowest BCUT2D eigenvalue weighted by Gasteiger charge is -2.12. The van der Waals surface area contributed by atoms with E-state index in [0.717, 1.165) is 21.3 Å². The molecular weight excluding hydrogens is 326 g/mol. The molecule has 0 fully saturated rings. The average molecular weight is 341 g/mol. The maximum absolute atomic E-state index is 6.08. The number of benzene rings is 2. The van der Waals surface area contributed by atoms with Crippen molar-refractivity contribution in [2.24, 2.45) is 5.73 Å². The number of halogens is 2. The Morgan fingerprint density at radius 3 is 2.63 bits per heavy atom. The summed E-state index contributed by atoms with van der Waals surface area (Å²) in [5.41, 5.74) is 7.89. The second-order valence-electron chi connectivity index (χ2n) is 4.35. The maximum Gasteiger partial charge on any atom is 0.120 e. The van der Waals surface area contributed by atoms with E-state index >= 15 is 0 Å². The molecule has 100 valence electrons. The average Bonchev–Trinajstić information content (AvgIpc) is 2.37. The summed E-state index contributed by atoms with van der Waals surface area (Å²) >= 11 is 9.59.